The van der Waals surface area contributed by atoms with E-state index in [2.05, 4.69) is 28.6 Å². The predicted octanol–water partition coefficient (Wildman–Crippen LogP) is -0.913. The van der Waals surface area contributed by atoms with Gasteiger partial charge in [0, 0.05) is 5.75 Å². The van der Waals surface area contributed by atoms with Crippen LogP contribution in [0.5, 0.6) is 0 Å². The fourth-order valence-corrected chi connectivity index (χ4v) is 3.29. The number of unbranched alkanes of at least 4 members (excludes halogenated alkanes) is 2. The lowest BCUT2D eigenvalue weighted by atomic mass is 10.0. The Hall–Kier alpha value is -1.89. The Labute approximate surface area is 201 Å². The minimum absolute atomic E-state index is 0.0803. The summed E-state index contributed by atoms with van der Waals surface area (Å²) in [7, 11) is 0. The molecule has 0 aromatic carbocycles. The van der Waals surface area contributed by atoms with Crippen LogP contribution in [0.4, 0.5) is 0 Å². The van der Waals surface area contributed by atoms with E-state index in [1.165, 1.54) is 0 Å². The molecule has 0 aliphatic rings. The van der Waals surface area contributed by atoms with Crippen LogP contribution < -0.4 is 33.2 Å². The molecule has 0 aromatic rings. The second-order valence-corrected chi connectivity index (χ2v) is 8.87. The second kappa shape index (κ2) is 17.6. The summed E-state index contributed by atoms with van der Waals surface area (Å²) in [5, 5.41) is 17.3. The van der Waals surface area contributed by atoms with Gasteiger partial charge in [0.05, 0.1) is 6.04 Å². The molecule has 192 valence electrons. The molecule has 0 spiro atoms. The minimum atomic E-state index is -1.15. The van der Waals surface area contributed by atoms with E-state index in [0.29, 0.717) is 45.2 Å². The van der Waals surface area contributed by atoms with Gasteiger partial charge < -0.3 is 38.3 Å². The lowest BCUT2D eigenvalue weighted by molar-refractivity contribution is -0.142. The van der Waals surface area contributed by atoms with Crippen molar-refractivity contribution in [3.05, 3.63) is 0 Å². The first-order valence-corrected chi connectivity index (χ1v) is 12.1. The summed E-state index contributed by atoms with van der Waals surface area (Å²) < 4.78 is 0. The second-order valence-electron chi connectivity index (χ2n) is 8.51. The van der Waals surface area contributed by atoms with Gasteiger partial charge >= 0.3 is 5.97 Å². The SMILES string of the molecule is CC(C)CC(NC(=O)C(N)CS)C(=O)NC(CCCCN)C(=O)NC(CCCCN)C(=O)O. The van der Waals surface area contributed by atoms with E-state index in [4.69, 9.17) is 17.2 Å². The molecule has 3 amide bonds. The maximum absolute atomic E-state index is 13.0. The molecule has 0 rings (SSSR count). The van der Waals surface area contributed by atoms with E-state index in [9.17, 15) is 24.3 Å². The van der Waals surface area contributed by atoms with E-state index >= 15 is 0 Å². The molecular weight excluding hydrogens is 448 g/mol. The first-order valence-electron chi connectivity index (χ1n) is 11.5. The highest BCUT2D eigenvalue weighted by atomic mass is 32.1. The van der Waals surface area contributed by atoms with Crippen LogP contribution in [0.25, 0.3) is 0 Å². The van der Waals surface area contributed by atoms with Crippen LogP contribution in [0.15, 0.2) is 0 Å². The molecule has 0 bridgehead atoms. The molecule has 0 radical (unpaired) electrons. The van der Waals surface area contributed by atoms with E-state index in [1.807, 2.05) is 13.8 Å². The molecular formula is C21H42N6O5S. The minimum Gasteiger partial charge on any atom is -0.480 e. The summed E-state index contributed by atoms with van der Waals surface area (Å²) in [6.45, 7) is 4.65. The van der Waals surface area contributed by atoms with E-state index in [-0.39, 0.29) is 24.5 Å². The highest BCUT2D eigenvalue weighted by molar-refractivity contribution is 7.80. The number of carboxylic acid groups (broad SMARTS) is 1. The van der Waals surface area contributed by atoms with E-state index < -0.39 is 47.9 Å². The molecule has 0 saturated heterocycles. The number of carbonyl (C=O) groups excluding carboxylic acids is 3. The van der Waals surface area contributed by atoms with Crippen LogP contribution in [0.1, 0.15) is 58.8 Å². The number of carbonyl (C=O) groups is 4. The molecule has 0 aliphatic carbocycles. The zero-order valence-electron chi connectivity index (χ0n) is 19.7. The zero-order chi connectivity index (χ0) is 25.4. The van der Waals surface area contributed by atoms with Gasteiger partial charge in [-0.2, -0.15) is 12.6 Å². The van der Waals surface area contributed by atoms with Crippen LogP contribution >= 0.6 is 12.6 Å². The first kappa shape index (κ1) is 31.1. The largest absolute Gasteiger partial charge is 0.480 e. The summed E-state index contributed by atoms with van der Waals surface area (Å²) in [6, 6.07) is -3.82. The van der Waals surface area contributed by atoms with Gasteiger partial charge in [0.25, 0.3) is 0 Å². The first-order chi connectivity index (χ1) is 15.6. The van der Waals surface area contributed by atoms with Crippen molar-refractivity contribution in [1.29, 1.82) is 0 Å². The Morgan fingerprint density at radius 2 is 1.24 bits per heavy atom. The van der Waals surface area contributed by atoms with Crippen molar-refractivity contribution in [1.82, 2.24) is 16.0 Å². The standard InChI is InChI=1S/C21H42N6O5S/c1-13(2)11-17(27-18(28)14(24)12-33)20(30)25-15(7-3-5-9-22)19(29)26-16(21(31)32)8-4-6-10-23/h13-17,33H,3-12,22-24H2,1-2H3,(H,25,30)(H,26,29)(H,27,28)(H,31,32). The average Bonchev–Trinajstić information content (AvgIpc) is 2.76. The highest BCUT2D eigenvalue weighted by Gasteiger charge is 2.30. The fourth-order valence-electron chi connectivity index (χ4n) is 3.12. The highest BCUT2D eigenvalue weighted by Crippen LogP contribution is 2.09. The molecule has 12 heteroatoms. The van der Waals surface area contributed by atoms with Crippen LogP contribution in [-0.2, 0) is 19.2 Å². The maximum Gasteiger partial charge on any atom is 0.326 e. The zero-order valence-corrected chi connectivity index (χ0v) is 20.6. The van der Waals surface area contributed by atoms with Crippen molar-refractivity contribution >= 4 is 36.3 Å². The van der Waals surface area contributed by atoms with Crippen LogP contribution in [0.2, 0.25) is 0 Å². The monoisotopic (exact) mass is 490 g/mol. The quantitative estimate of drug-likeness (QED) is 0.0890. The molecule has 4 atom stereocenters. The third-order valence-corrected chi connectivity index (χ3v) is 5.41. The number of hydrogen-bond acceptors (Lipinski definition) is 8. The van der Waals surface area contributed by atoms with Gasteiger partial charge in [0.15, 0.2) is 0 Å². The summed E-state index contributed by atoms with van der Waals surface area (Å²) in [6.07, 6.45) is 3.24. The smallest absolute Gasteiger partial charge is 0.326 e. The van der Waals surface area contributed by atoms with Crippen molar-refractivity contribution < 1.29 is 24.3 Å². The van der Waals surface area contributed by atoms with Gasteiger partial charge in [-0.15, -0.1) is 0 Å². The third-order valence-electron chi connectivity index (χ3n) is 5.01. The van der Waals surface area contributed by atoms with Gasteiger partial charge in [-0.3, -0.25) is 14.4 Å². The normalized spacial score (nSPS) is 14.8. The van der Waals surface area contributed by atoms with E-state index in [0.717, 1.165) is 0 Å². The molecule has 11 nitrogen and oxygen atoms in total. The third kappa shape index (κ3) is 13.4. The molecule has 0 aromatic heterocycles. The van der Waals surface area contributed by atoms with Crippen LogP contribution in [0.3, 0.4) is 0 Å². The molecule has 0 fully saturated rings. The summed E-state index contributed by atoms with van der Waals surface area (Å²) >= 11 is 4.00. The number of rotatable bonds is 18. The molecule has 4 unspecified atom stereocenters. The predicted molar refractivity (Wildman–Crippen MR) is 131 cm³/mol. The number of carboxylic acids is 1. The molecule has 0 heterocycles. The molecule has 10 N–H and O–H groups in total. The van der Waals surface area contributed by atoms with Gasteiger partial charge in [-0.05, 0) is 64.0 Å². The van der Waals surface area contributed by atoms with Crippen molar-refractivity contribution in [2.45, 2.75) is 83.0 Å². The Bertz CT molecular complexity index is 622. The van der Waals surface area contributed by atoms with Crippen LogP contribution in [-0.4, -0.2) is 71.8 Å². The average molecular weight is 491 g/mol. The number of amides is 3. The summed E-state index contributed by atoms with van der Waals surface area (Å²) in [4.78, 5) is 49.6. The number of aliphatic carboxylic acids is 1. The molecule has 0 aliphatic heterocycles. The van der Waals surface area contributed by atoms with Crippen LogP contribution in [0, 0.1) is 5.92 Å². The van der Waals surface area contributed by atoms with Crippen molar-refractivity contribution in [3.63, 3.8) is 0 Å². The van der Waals surface area contributed by atoms with Gasteiger partial charge in [-0.1, -0.05) is 13.8 Å². The Kier molecular flexibility index (Phi) is 16.6. The van der Waals surface area contributed by atoms with Gasteiger partial charge in [-0.25, -0.2) is 4.79 Å². The summed E-state index contributed by atoms with van der Waals surface area (Å²) in [5.41, 5.74) is 16.7. The van der Waals surface area contributed by atoms with Crippen molar-refractivity contribution in [3.8, 4) is 0 Å². The molecule has 0 saturated carbocycles. The lowest BCUT2D eigenvalue weighted by Crippen LogP contribution is -2.57. The van der Waals surface area contributed by atoms with Gasteiger partial charge in [0.1, 0.15) is 18.1 Å². The number of nitrogens with two attached hydrogens (primary N) is 3. The Morgan fingerprint density at radius 1 is 0.788 bits per heavy atom. The van der Waals surface area contributed by atoms with Gasteiger partial charge in [0.2, 0.25) is 17.7 Å². The van der Waals surface area contributed by atoms with Crippen molar-refractivity contribution in [2.75, 3.05) is 18.8 Å². The number of nitrogens with one attached hydrogen (secondary N) is 3. The number of hydrogen-bond donors (Lipinski definition) is 8. The molecule has 33 heavy (non-hydrogen) atoms. The Morgan fingerprint density at radius 3 is 1.70 bits per heavy atom. The summed E-state index contributed by atoms with van der Waals surface area (Å²) in [5.74, 6) is -2.60. The van der Waals surface area contributed by atoms with Crippen molar-refractivity contribution in [2.24, 2.45) is 23.1 Å². The topological polar surface area (TPSA) is 203 Å². The maximum atomic E-state index is 13.0. The van der Waals surface area contributed by atoms with E-state index in [1.54, 1.807) is 0 Å². The number of thiol groups is 1. The Balaban J connectivity index is 5.41. The lowest BCUT2D eigenvalue weighted by Gasteiger charge is -2.26. The fraction of sp³-hybridized carbons (Fsp3) is 0.810.